The fraction of sp³-hybridized carbons (Fsp3) is 0.167. The Balaban J connectivity index is 1.58. The first-order valence-electron chi connectivity index (χ1n) is 10.4. The summed E-state index contributed by atoms with van der Waals surface area (Å²) < 4.78 is 80.6. The molecule has 0 aliphatic heterocycles. The van der Waals surface area contributed by atoms with Crippen molar-refractivity contribution in [3.63, 3.8) is 0 Å². The predicted octanol–water partition coefficient (Wildman–Crippen LogP) is 5.61. The number of hydrogen-bond donors (Lipinski definition) is 1. The number of alkyl halides is 6. The van der Waals surface area contributed by atoms with Crippen LogP contribution in [0.2, 0.25) is 0 Å². The normalized spacial score (nSPS) is 12.0. The Hall–Kier alpha value is -4.22. The van der Waals surface area contributed by atoms with Crippen molar-refractivity contribution < 1.29 is 31.1 Å². The Kier molecular flexibility index (Phi) is 6.53. The summed E-state index contributed by atoms with van der Waals surface area (Å²) in [5.74, 6) is -0.466. The van der Waals surface area contributed by atoms with Crippen molar-refractivity contribution >= 4 is 5.91 Å². The maximum absolute atomic E-state index is 13.2. The molecule has 0 radical (unpaired) electrons. The minimum Gasteiger partial charge on any atom is -0.345 e. The highest BCUT2D eigenvalue weighted by molar-refractivity contribution is 5.93. The maximum atomic E-state index is 13.2. The molecule has 4 rings (SSSR count). The molecule has 2 heterocycles. The minimum absolute atomic E-state index is 0.0798. The lowest BCUT2D eigenvalue weighted by molar-refractivity contribution is -0.143. The molecule has 4 aromatic rings. The smallest absolute Gasteiger partial charge is 0.345 e. The fourth-order valence-electron chi connectivity index (χ4n) is 3.38. The third-order valence-corrected chi connectivity index (χ3v) is 5.20. The van der Waals surface area contributed by atoms with Gasteiger partial charge in [-0.2, -0.15) is 26.3 Å². The van der Waals surface area contributed by atoms with Gasteiger partial charge in [-0.25, -0.2) is 4.98 Å². The second kappa shape index (κ2) is 9.44. The van der Waals surface area contributed by atoms with Crippen LogP contribution in [0.1, 0.15) is 33.0 Å². The van der Waals surface area contributed by atoms with Crippen LogP contribution in [0.15, 0.2) is 67.4 Å². The third-order valence-electron chi connectivity index (χ3n) is 5.20. The van der Waals surface area contributed by atoms with Gasteiger partial charge >= 0.3 is 12.4 Å². The minimum atomic E-state index is -4.95. The molecule has 1 N–H and O–H groups in total. The third kappa shape index (κ3) is 5.53. The van der Waals surface area contributed by atoms with Crippen molar-refractivity contribution in [3.05, 3.63) is 95.6 Å². The molecule has 12 heteroatoms. The van der Waals surface area contributed by atoms with Crippen LogP contribution in [-0.2, 0) is 18.9 Å². The number of aromatic nitrogens is 4. The number of nitrogens with one attached hydrogen (secondary N) is 1. The van der Waals surface area contributed by atoms with E-state index in [1.807, 2.05) is 0 Å². The van der Waals surface area contributed by atoms with E-state index in [-0.39, 0.29) is 29.4 Å². The number of imidazole rings is 1. The second-order valence-electron chi connectivity index (χ2n) is 7.82. The number of carbonyl (C=O) groups excluding carboxylic acids is 1. The number of rotatable bonds is 5. The average Bonchev–Trinajstić information content (AvgIpc) is 3.32. The molecule has 0 saturated heterocycles. The van der Waals surface area contributed by atoms with E-state index in [1.54, 1.807) is 13.1 Å². The molecule has 6 nitrogen and oxygen atoms in total. The van der Waals surface area contributed by atoms with Gasteiger partial charge in [0.15, 0.2) is 0 Å². The Morgan fingerprint density at radius 2 is 1.50 bits per heavy atom. The summed E-state index contributed by atoms with van der Waals surface area (Å²) in [6, 6.07) is 7.07. The molecule has 0 spiro atoms. The van der Waals surface area contributed by atoms with E-state index < -0.39 is 29.4 Å². The van der Waals surface area contributed by atoms with E-state index in [9.17, 15) is 31.1 Å². The summed E-state index contributed by atoms with van der Waals surface area (Å²) in [4.78, 5) is 24.9. The zero-order valence-corrected chi connectivity index (χ0v) is 18.5. The van der Waals surface area contributed by atoms with Crippen molar-refractivity contribution in [2.75, 3.05) is 0 Å². The fourth-order valence-corrected chi connectivity index (χ4v) is 3.38. The standard InChI is InChI=1S/C24H17F6N5O/c1-14-9-33-19(10-32-14)11-34-22(36)21-12-31-13-35(21)20-4-2-15(3-5-20)16-6-17(23(25,26)27)8-18(7-16)24(28,29)30/h2-10,12-13H,11H2,1H3,(H,34,36). The van der Waals surface area contributed by atoms with Gasteiger partial charge in [-0.15, -0.1) is 0 Å². The van der Waals surface area contributed by atoms with Crippen LogP contribution in [-0.4, -0.2) is 25.4 Å². The zero-order valence-electron chi connectivity index (χ0n) is 18.5. The van der Waals surface area contributed by atoms with Crippen molar-refractivity contribution in [2.24, 2.45) is 0 Å². The largest absolute Gasteiger partial charge is 0.416 e. The highest BCUT2D eigenvalue weighted by atomic mass is 19.4. The van der Waals surface area contributed by atoms with Crippen molar-refractivity contribution in [1.82, 2.24) is 24.8 Å². The van der Waals surface area contributed by atoms with E-state index in [0.717, 1.165) is 5.69 Å². The van der Waals surface area contributed by atoms with E-state index in [0.29, 0.717) is 23.5 Å². The van der Waals surface area contributed by atoms with Gasteiger partial charge in [0.2, 0.25) is 0 Å². The molecule has 2 aromatic carbocycles. The average molecular weight is 505 g/mol. The van der Waals surface area contributed by atoms with Gasteiger partial charge in [0.05, 0.1) is 47.8 Å². The molecule has 2 aromatic heterocycles. The summed E-state index contributed by atoms with van der Waals surface area (Å²) in [5.41, 5.74) is -1.03. The van der Waals surface area contributed by atoms with Crippen LogP contribution in [0.4, 0.5) is 26.3 Å². The lowest BCUT2D eigenvalue weighted by Crippen LogP contribution is -2.25. The number of aryl methyl sites for hydroxylation is 1. The summed E-state index contributed by atoms with van der Waals surface area (Å²) in [6.07, 6.45) is -4.11. The molecule has 0 aliphatic rings. The van der Waals surface area contributed by atoms with Crippen LogP contribution in [0.25, 0.3) is 16.8 Å². The van der Waals surface area contributed by atoms with E-state index in [4.69, 9.17) is 0 Å². The highest BCUT2D eigenvalue weighted by Gasteiger charge is 2.37. The Morgan fingerprint density at radius 1 is 0.861 bits per heavy atom. The van der Waals surface area contributed by atoms with Gasteiger partial charge in [0, 0.05) is 11.9 Å². The summed E-state index contributed by atoms with van der Waals surface area (Å²) in [7, 11) is 0. The van der Waals surface area contributed by atoms with Gasteiger partial charge < -0.3 is 5.32 Å². The highest BCUT2D eigenvalue weighted by Crippen LogP contribution is 2.38. The van der Waals surface area contributed by atoms with E-state index in [2.05, 4.69) is 20.3 Å². The molecule has 0 unspecified atom stereocenters. The molecule has 0 fully saturated rings. The molecular weight excluding hydrogens is 488 g/mol. The van der Waals surface area contributed by atoms with Crippen molar-refractivity contribution in [3.8, 4) is 16.8 Å². The number of benzene rings is 2. The summed E-state index contributed by atoms with van der Waals surface area (Å²) in [5, 5.41) is 2.69. The topological polar surface area (TPSA) is 72.7 Å². The maximum Gasteiger partial charge on any atom is 0.416 e. The summed E-state index contributed by atoms with van der Waals surface area (Å²) >= 11 is 0. The molecule has 186 valence electrons. The predicted molar refractivity (Wildman–Crippen MR) is 117 cm³/mol. The van der Waals surface area contributed by atoms with Crippen molar-refractivity contribution in [2.45, 2.75) is 25.8 Å². The number of carbonyl (C=O) groups is 1. The number of halogens is 6. The SMILES string of the molecule is Cc1cnc(CNC(=O)c2cncn2-c2ccc(-c3cc(C(F)(F)F)cc(C(F)(F)F)c3)cc2)cn1. The number of amides is 1. The monoisotopic (exact) mass is 505 g/mol. The first-order valence-corrected chi connectivity index (χ1v) is 10.4. The number of nitrogens with zero attached hydrogens (tertiary/aromatic N) is 4. The molecule has 1 amide bonds. The lowest BCUT2D eigenvalue weighted by atomic mass is 9.99. The van der Waals surface area contributed by atoms with Crippen molar-refractivity contribution in [1.29, 1.82) is 0 Å². The Morgan fingerprint density at radius 3 is 2.06 bits per heavy atom. The van der Waals surface area contributed by atoms with Gasteiger partial charge in [-0.05, 0) is 48.4 Å². The Bertz CT molecular complexity index is 1340. The van der Waals surface area contributed by atoms with E-state index in [1.165, 1.54) is 47.6 Å². The van der Waals surface area contributed by atoms with E-state index >= 15 is 0 Å². The second-order valence-corrected chi connectivity index (χ2v) is 7.82. The Labute approximate surface area is 200 Å². The zero-order chi connectivity index (χ0) is 26.1. The molecule has 0 aliphatic carbocycles. The van der Waals surface area contributed by atoms with Gasteiger partial charge in [0.1, 0.15) is 5.69 Å². The van der Waals surface area contributed by atoms with Gasteiger partial charge in [0.25, 0.3) is 5.91 Å². The number of hydrogen-bond acceptors (Lipinski definition) is 4. The van der Waals surface area contributed by atoms with Crippen LogP contribution in [0, 0.1) is 6.92 Å². The quantitative estimate of drug-likeness (QED) is 0.358. The molecule has 36 heavy (non-hydrogen) atoms. The molecule has 0 bridgehead atoms. The van der Waals surface area contributed by atoms with Gasteiger partial charge in [-0.1, -0.05) is 12.1 Å². The van der Waals surface area contributed by atoms with Crippen LogP contribution < -0.4 is 5.32 Å². The molecule has 0 atom stereocenters. The summed E-state index contributed by atoms with van der Waals surface area (Å²) in [6.45, 7) is 1.90. The first kappa shape index (κ1) is 24.9. The van der Waals surface area contributed by atoms with Gasteiger partial charge in [-0.3, -0.25) is 19.3 Å². The molecular formula is C24H17F6N5O. The van der Waals surface area contributed by atoms with Crippen LogP contribution >= 0.6 is 0 Å². The molecule has 0 saturated carbocycles. The van der Waals surface area contributed by atoms with Crippen LogP contribution in [0.3, 0.4) is 0 Å². The van der Waals surface area contributed by atoms with Crippen LogP contribution in [0.5, 0.6) is 0 Å². The lowest BCUT2D eigenvalue weighted by Gasteiger charge is -2.15. The first-order chi connectivity index (χ1) is 16.9.